The fourth-order valence-electron chi connectivity index (χ4n) is 4.33. The molecule has 1 heterocycles. The number of anilines is 1. The Morgan fingerprint density at radius 2 is 1.60 bits per heavy atom. The summed E-state index contributed by atoms with van der Waals surface area (Å²) >= 11 is 0. The molecule has 1 aliphatic rings. The number of hydrogen-bond acceptors (Lipinski definition) is 4. The van der Waals surface area contributed by atoms with Gasteiger partial charge < -0.3 is 19.7 Å². The van der Waals surface area contributed by atoms with Crippen LogP contribution >= 0.6 is 0 Å². The smallest absolute Gasteiger partial charge is 0.416 e. The van der Waals surface area contributed by atoms with Gasteiger partial charge in [-0.15, -0.1) is 0 Å². The summed E-state index contributed by atoms with van der Waals surface area (Å²) in [6.07, 6.45) is -4.22. The first-order valence-corrected chi connectivity index (χ1v) is 13.1. The van der Waals surface area contributed by atoms with Gasteiger partial charge in [0.25, 0.3) is 5.91 Å². The molecule has 0 saturated heterocycles. The number of rotatable bonds is 4. The first kappa shape index (κ1) is 30.5. The molecule has 3 aromatic carbocycles. The number of nitrogens with zero attached hydrogens (tertiary/aromatic N) is 1. The second kappa shape index (κ2) is 12.4. The molecule has 3 aromatic rings. The Hall–Kier alpha value is -4.01. The molecular weight excluding hydrogens is 521 g/mol. The average Bonchev–Trinajstić information content (AvgIpc) is 2.92. The average molecular weight is 557 g/mol. The van der Waals surface area contributed by atoms with Crippen LogP contribution < -0.4 is 10.1 Å². The maximum absolute atomic E-state index is 13.3. The minimum absolute atomic E-state index is 0.262. The number of ether oxygens (including phenoxy) is 2. The van der Waals surface area contributed by atoms with Crippen molar-refractivity contribution in [3.05, 3.63) is 82.9 Å². The van der Waals surface area contributed by atoms with Crippen molar-refractivity contribution in [3.63, 3.8) is 0 Å². The summed E-state index contributed by atoms with van der Waals surface area (Å²) in [7, 11) is 1.44. The molecule has 1 aliphatic heterocycles. The molecular formula is C31H35F3N2O4. The van der Waals surface area contributed by atoms with Gasteiger partial charge in [0, 0.05) is 24.3 Å². The summed E-state index contributed by atoms with van der Waals surface area (Å²) in [4.78, 5) is 27.4. The lowest BCUT2D eigenvalue weighted by Crippen LogP contribution is -2.39. The van der Waals surface area contributed by atoms with E-state index in [1.807, 2.05) is 46.8 Å². The van der Waals surface area contributed by atoms with Gasteiger partial charge in [-0.2, -0.15) is 13.2 Å². The van der Waals surface area contributed by atoms with Crippen LogP contribution in [0.3, 0.4) is 0 Å². The summed E-state index contributed by atoms with van der Waals surface area (Å²) in [5, 5.41) is 2.89. The molecule has 1 N–H and O–H groups in total. The van der Waals surface area contributed by atoms with E-state index in [1.165, 1.54) is 19.2 Å². The van der Waals surface area contributed by atoms with Gasteiger partial charge in [-0.1, -0.05) is 38.1 Å². The first-order valence-electron chi connectivity index (χ1n) is 13.1. The zero-order valence-electron chi connectivity index (χ0n) is 23.6. The van der Waals surface area contributed by atoms with Crippen molar-refractivity contribution in [2.45, 2.75) is 59.4 Å². The van der Waals surface area contributed by atoms with E-state index in [0.717, 1.165) is 23.3 Å². The maximum Gasteiger partial charge on any atom is 0.416 e. The molecule has 0 aliphatic carbocycles. The second-order valence-corrected chi connectivity index (χ2v) is 10.0. The zero-order chi connectivity index (χ0) is 29.7. The number of hydrogen-bond donors (Lipinski definition) is 1. The molecule has 0 spiro atoms. The number of methoxy groups -OCH3 is 1. The highest BCUT2D eigenvalue weighted by Crippen LogP contribution is 2.36. The van der Waals surface area contributed by atoms with Crippen LogP contribution in [-0.4, -0.2) is 36.2 Å². The number of amides is 2. The molecule has 0 unspecified atom stereocenters. The van der Waals surface area contributed by atoms with E-state index in [4.69, 9.17) is 9.47 Å². The SMILES string of the molecule is CC.COc1cccc(C(=O)Nc2ccc3c(c2)CCN(C(=O)OC(C)(C)C)C3)c1-c1ccc(C(F)(F)F)cc1. The molecule has 9 heteroatoms. The maximum atomic E-state index is 13.3. The summed E-state index contributed by atoms with van der Waals surface area (Å²) in [6, 6.07) is 15.0. The predicted octanol–water partition coefficient (Wildman–Crippen LogP) is 7.95. The van der Waals surface area contributed by atoms with Crippen LogP contribution in [-0.2, 0) is 23.9 Å². The quantitative estimate of drug-likeness (QED) is 0.354. The fraction of sp³-hybridized carbons (Fsp3) is 0.355. The van der Waals surface area contributed by atoms with E-state index < -0.39 is 23.2 Å². The van der Waals surface area contributed by atoms with Gasteiger partial charge in [0.15, 0.2) is 0 Å². The highest BCUT2D eigenvalue weighted by atomic mass is 19.4. The van der Waals surface area contributed by atoms with E-state index in [0.29, 0.717) is 42.1 Å². The standard InChI is InChI=1S/C29H29F3N2O4.C2H6/c1-28(2,3)38-27(36)34-15-14-19-16-22(13-10-20(19)17-34)33-26(35)23-6-5-7-24(37-4)25(23)18-8-11-21(12-9-18)29(30,31)32;1-2/h5-13,16H,14-15,17H2,1-4H3,(H,33,35);1-2H3. The van der Waals surface area contributed by atoms with Gasteiger partial charge in [0.1, 0.15) is 11.4 Å². The van der Waals surface area contributed by atoms with E-state index in [-0.39, 0.29) is 11.7 Å². The minimum Gasteiger partial charge on any atom is -0.496 e. The van der Waals surface area contributed by atoms with Crippen LogP contribution in [0.25, 0.3) is 11.1 Å². The third-order valence-electron chi connectivity index (χ3n) is 6.12. The topological polar surface area (TPSA) is 67.9 Å². The minimum atomic E-state index is -4.46. The van der Waals surface area contributed by atoms with Crippen LogP contribution in [0.1, 0.15) is 61.7 Å². The Labute approximate surface area is 233 Å². The van der Waals surface area contributed by atoms with Gasteiger partial charge in [-0.25, -0.2) is 4.79 Å². The van der Waals surface area contributed by atoms with Gasteiger partial charge in [-0.3, -0.25) is 4.79 Å². The molecule has 0 bridgehead atoms. The fourth-order valence-corrected chi connectivity index (χ4v) is 4.33. The lowest BCUT2D eigenvalue weighted by molar-refractivity contribution is -0.137. The summed E-state index contributed by atoms with van der Waals surface area (Å²) in [5.41, 5.74) is 2.27. The van der Waals surface area contributed by atoms with E-state index in [9.17, 15) is 22.8 Å². The monoisotopic (exact) mass is 556 g/mol. The van der Waals surface area contributed by atoms with Gasteiger partial charge >= 0.3 is 12.3 Å². The lowest BCUT2D eigenvalue weighted by Gasteiger charge is -2.31. The number of alkyl halides is 3. The molecule has 214 valence electrons. The van der Waals surface area contributed by atoms with Crippen molar-refractivity contribution >= 4 is 17.7 Å². The molecule has 40 heavy (non-hydrogen) atoms. The Bertz CT molecular complexity index is 1350. The van der Waals surface area contributed by atoms with Crippen molar-refractivity contribution < 1.29 is 32.2 Å². The van der Waals surface area contributed by atoms with Crippen molar-refractivity contribution in [3.8, 4) is 16.9 Å². The van der Waals surface area contributed by atoms with Crippen molar-refractivity contribution in [2.75, 3.05) is 19.0 Å². The summed E-state index contributed by atoms with van der Waals surface area (Å²) < 4.78 is 50.0. The van der Waals surface area contributed by atoms with Crippen LogP contribution in [0, 0.1) is 0 Å². The van der Waals surface area contributed by atoms with E-state index >= 15 is 0 Å². The third kappa shape index (κ3) is 7.34. The number of fused-ring (bicyclic) bond motifs is 1. The van der Waals surface area contributed by atoms with E-state index in [1.54, 1.807) is 29.2 Å². The molecule has 0 fully saturated rings. The number of benzene rings is 3. The van der Waals surface area contributed by atoms with Gasteiger partial charge in [0.2, 0.25) is 0 Å². The first-order chi connectivity index (χ1) is 18.9. The number of nitrogens with one attached hydrogen (secondary N) is 1. The molecule has 2 amide bonds. The van der Waals surface area contributed by atoms with Crippen LogP contribution in [0.2, 0.25) is 0 Å². The van der Waals surface area contributed by atoms with Crippen LogP contribution in [0.4, 0.5) is 23.7 Å². The lowest BCUT2D eigenvalue weighted by atomic mass is 9.96. The molecule has 4 rings (SSSR count). The Morgan fingerprint density at radius 3 is 2.20 bits per heavy atom. The third-order valence-corrected chi connectivity index (χ3v) is 6.12. The molecule has 0 atom stereocenters. The van der Waals surface area contributed by atoms with Gasteiger partial charge in [0.05, 0.1) is 18.2 Å². The molecule has 0 saturated carbocycles. The van der Waals surface area contributed by atoms with Crippen molar-refractivity contribution in [2.24, 2.45) is 0 Å². The molecule has 0 radical (unpaired) electrons. The second-order valence-electron chi connectivity index (χ2n) is 10.0. The highest BCUT2D eigenvalue weighted by Gasteiger charge is 2.30. The Morgan fingerprint density at radius 1 is 0.925 bits per heavy atom. The van der Waals surface area contributed by atoms with E-state index in [2.05, 4.69) is 5.32 Å². The highest BCUT2D eigenvalue weighted by molar-refractivity contribution is 6.09. The summed E-state index contributed by atoms with van der Waals surface area (Å²) in [6.45, 7) is 10.4. The van der Waals surface area contributed by atoms with Crippen molar-refractivity contribution in [1.29, 1.82) is 0 Å². The molecule has 0 aromatic heterocycles. The normalized spacial score (nSPS) is 13.0. The van der Waals surface area contributed by atoms with Crippen LogP contribution in [0.5, 0.6) is 5.75 Å². The summed E-state index contributed by atoms with van der Waals surface area (Å²) in [5.74, 6) is -0.0602. The Balaban J connectivity index is 0.00000216. The van der Waals surface area contributed by atoms with Crippen LogP contribution in [0.15, 0.2) is 60.7 Å². The largest absolute Gasteiger partial charge is 0.496 e. The molecule has 6 nitrogen and oxygen atoms in total. The number of halogens is 3. The predicted molar refractivity (Wildman–Crippen MR) is 150 cm³/mol. The van der Waals surface area contributed by atoms with Crippen molar-refractivity contribution in [1.82, 2.24) is 4.90 Å². The number of carbonyl (C=O) groups excluding carboxylic acids is 2. The zero-order valence-corrected chi connectivity index (χ0v) is 23.6. The Kier molecular flexibility index (Phi) is 9.50. The number of carbonyl (C=O) groups is 2. The van der Waals surface area contributed by atoms with Gasteiger partial charge in [-0.05, 0) is 80.3 Å².